The molecule has 17 heavy (non-hydrogen) atoms. The van der Waals surface area contributed by atoms with Gasteiger partial charge in [-0.15, -0.1) is 0 Å². The van der Waals surface area contributed by atoms with Gasteiger partial charge in [-0.05, 0) is 25.0 Å². The molecule has 3 nitrogen and oxygen atoms in total. The monoisotopic (exact) mass is 233 g/mol. The Bertz CT molecular complexity index is 395. The summed E-state index contributed by atoms with van der Waals surface area (Å²) in [6.45, 7) is 3.74. The summed E-state index contributed by atoms with van der Waals surface area (Å²) in [5, 5.41) is 9.44. The van der Waals surface area contributed by atoms with Crippen molar-refractivity contribution in [1.29, 1.82) is 0 Å². The summed E-state index contributed by atoms with van der Waals surface area (Å²) in [5.74, 6) is 0.934. The third-order valence-corrected chi connectivity index (χ3v) is 3.49. The molecule has 0 bridgehead atoms. The highest BCUT2D eigenvalue weighted by Gasteiger charge is 2.23. The van der Waals surface area contributed by atoms with E-state index in [0.717, 1.165) is 31.6 Å². The number of rotatable bonds is 3. The van der Waals surface area contributed by atoms with Crippen LogP contribution in [0.4, 0.5) is 5.69 Å². The third-order valence-electron chi connectivity index (χ3n) is 3.49. The zero-order chi connectivity index (χ0) is 12.3. The van der Waals surface area contributed by atoms with Gasteiger partial charge in [0.1, 0.15) is 11.5 Å². The number of phenols is 1. The summed E-state index contributed by atoms with van der Waals surface area (Å²) in [4.78, 5) is 13.8. The van der Waals surface area contributed by atoms with Gasteiger partial charge in [-0.1, -0.05) is 13.0 Å². The van der Waals surface area contributed by atoms with Crippen LogP contribution in [0.5, 0.6) is 5.75 Å². The first kappa shape index (κ1) is 12.0. The van der Waals surface area contributed by atoms with E-state index in [1.165, 1.54) is 0 Å². The maximum absolute atomic E-state index is 11.6. The Morgan fingerprint density at radius 3 is 2.71 bits per heavy atom. The van der Waals surface area contributed by atoms with Crippen molar-refractivity contribution in [1.82, 2.24) is 0 Å². The van der Waals surface area contributed by atoms with Gasteiger partial charge in [0, 0.05) is 37.2 Å². The summed E-state index contributed by atoms with van der Waals surface area (Å²) in [7, 11) is 0. The quantitative estimate of drug-likeness (QED) is 0.872. The average Bonchev–Trinajstić information content (AvgIpc) is 2.38. The molecule has 1 aromatic rings. The van der Waals surface area contributed by atoms with Crippen LogP contribution in [0.25, 0.3) is 0 Å². The standard InChI is InChI=1S/C14H19NO2/c1-2-14(17)11-6-8-15(9-7-11)12-4-3-5-13(16)10-12/h3-5,10-11,16H,2,6-9H2,1H3. The second kappa shape index (κ2) is 5.21. The molecule has 0 saturated carbocycles. The molecule has 1 fully saturated rings. The fraction of sp³-hybridized carbons (Fsp3) is 0.500. The molecule has 1 heterocycles. The number of piperidine rings is 1. The van der Waals surface area contributed by atoms with Crippen LogP contribution in [0.2, 0.25) is 0 Å². The van der Waals surface area contributed by atoms with Crippen LogP contribution >= 0.6 is 0 Å². The van der Waals surface area contributed by atoms with E-state index in [4.69, 9.17) is 0 Å². The van der Waals surface area contributed by atoms with Crippen molar-refractivity contribution in [2.45, 2.75) is 26.2 Å². The molecule has 0 aliphatic carbocycles. The van der Waals surface area contributed by atoms with Gasteiger partial charge in [0.2, 0.25) is 0 Å². The second-order valence-electron chi connectivity index (χ2n) is 4.60. The highest BCUT2D eigenvalue weighted by Crippen LogP contribution is 2.26. The van der Waals surface area contributed by atoms with Gasteiger partial charge in [-0.25, -0.2) is 0 Å². The molecule has 0 spiro atoms. The minimum absolute atomic E-state index is 0.244. The van der Waals surface area contributed by atoms with E-state index in [1.54, 1.807) is 12.1 Å². The Labute approximate surface area is 102 Å². The van der Waals surface area contributed by atoms with Crippen molar-refractivity contribution in [3.8, 4) is 5.75 Å². The van der Waals surface area contributed by atoms with Gasteiger partial charge in [-0.2, -0.15) is 0 Å². The van der Waals surface area contributed by atoms with Gasteiger partial charge in [-0.3, -0.25) is 4.79 Å². The molecule has 0 radical (unpaired) electrons. The van der Waals surface area contributed by atoms with E-state index < -0.39 is 0 Å². The maximum atomic E-state index is 11.6. The molecule has 0 amide bonds. The van der Waals surface area contributed by atoms with E-state index in [-0.39, 0.29) is 5.92 Å². The number of anilines is 1. The highest BCUT2D eigenvalue weighted by atomic mass is 16.3. The average molecular weight is 233 g/mol. The van der Waals surface area contributed by atoms with Crippen LogP contribution in [-0.4, -0.2) is 24.0 Å². The molecule has 1 aromatic carbocycles. The van der Waals surface area contributed by atoms with E-state index >= 15 is 0 Å². The number of carbonyl (C=O) groups excluding carboxylic acids is 1. The van der Waals surface area contributed by atoms with Crippen LogP contribution in [0.3, 0.4) is 0 Å². The Hall–Kier alpha value is -1.51. The number of hydrogen-bond donors (Lipinski definition) is 1. The van der Waals surface area contributed by atoms with E-state index in [2.05, 4.69) is 4.90 Å². The Balaban J connectivity index is 1.97. The second-order valence-corrected chi connectivity index (χ2v) is 4.60. The molecule has 0 unspecified atom stereocenters. The van der Waals surface area contributed by atoms with E-state index in [9.17, 15) is 9.90 Å². The number of nitrogens with zero attached hydrogens (tertiary/aromatic N) is 1. The van der Waals surface area contributed by atoms with E-state index in [1.807, 2.05) is 19.1 Å². The molecule has 0 atom stereocenters. The lowest BCUT2D eigenvalue weighted by molar-refractivity contribution is -0.123. The highest BCUT2D eigenvalue weighted by molar-refractivity contribution is 5.81. The van der Waals surface area contributed by atoms with Gasteiger partial charge >= 0.3 is 0 Å². The van der Waals surface area contributed by atoms with Gasteiger partial charge in [0.15, 0.2) is 0 Å². The molecule has 3 heteroatoms. The molecule has 1 aliphatic rings. The first-order valence-corrected chi connectivity index (χ1v) is 6.27. The Kier molecular flexibility index (Phi) is 3.67. The SMILES string of the molecule is CCC(=O)C1CCN(c2cccc(O)c2)CC1. The normalized spacial score (nSPS) is 17.1. The van der Waals surface area contributed by atoms with Crippen molar-refractivity contribution in [2.24, 2.45) is 5.92 Å². The number of Topliss-reactive ketones (excluding diaryl/α,β-unsaturated/α-hetero) is 1. The van der Waals surface area contributed by atoms with Crippen molar-refractivity contribution in [3.63, 3.8) is 0 Å². The van der Waals surface area contributed by atoms with Crippen LogP contribution in [-0.2, 0) is 4.79 Å². The van der Waals surface area contributed by atoms with Crippen molar-refractivity contribution < 1.29 is 9.90 Å². The van der Waals surface area contributed by atoms with Crippen LogP contribution in [0.15, 0.2) is 24.3 Å². The molecule has 2 rings (SSSR count). The lowest BCUT2D eigenvalue weighted by Crippen LogP contribution is -2.36. The summed E-state index contributed by atoms with van der Waals surface area (Å²) in [6, 6.07) is 7.31. The summed E-state index contributed by atoms with van der Waals surface area (Å²) in [6.07, 6.45) is 2.52. The number of hydrogen-bond acceptors (Lipinski definition) is 3. The van der Waals surface area contributed by atoms with Crippen molar-refractivity contribution >= 4 is 11.5 Å². The van der Waals surface area contributed by atoms with Crippen LogP contribution in [0, 0.1) is 5.92 Å². The first-order chi connectivity index (χ1) is 8.20. The predicted octanol–water partition coefficient (Wildman–Crippen LogP) is 2.59. The molecule has 1 aliphatic heterocycles. The third kappa shape index (κ3) is 2.78. The fourth-order valence-corrected chi connectivity index (χ4v) is 2.44. The topological polar surface area (TPSA) is 40.5 Å². The molecule has 0 aromatic heterocycles. The lowest BCUT2D eigenvalue weighted by Gasteiger charge is -2.32. The zero-order valence-corrected chi connectivity index (χ0v) is 10.2. The molecule has 1 saturated heterocycles. The summed E-state index contributed by atoms with van der Waals surface area (Å²) in [5.41, 5.74) is 1.05. The molecule has 92 valence electrons. The number of carbonyl (C=O) groups is 1. The smallest absolute Gasteiger partial charge is 0.135 e. The Morgan fingerprint density at radius 2 is 2.12 bits per heavy atom. The van der Waals surface area contributed by atoms with Gasteiger partial charge < -0.3 is 10.0 Å². The number of aromatic hydroxyl groups is 1. The lowest BCUT2D eigenvalue weighted by atomic mass is 9.91. The van der Waals surface area contributed by atoms with Gasteiger partial charge in [0.05, 0.1) is 0 Å². The van der Waals surface area contributed by atoms with Crippen molar-refractivity contribution in [2.75, 3.05) is 18.0 Å². The molecular formula is C14H19NO2. The van der Waals surface area contributed by atoms with Crippen LogP contribution < -0.4 is 4.90 Å². The van der Waals surface area contributed by atoms with E-state index in [0.29, 0.717) is 18.0 Å². The first-order valence-electron chi connectivity index (χ1n) is 6.27. The van der Waals surface area contributed by atoms with Crippen LogP contribution in [0.1, 0.15) is 26.2 Å². The molecular weight excluding hydrogens is 214 g/mol. The number of ketones is 1. The van der Waals surface area contributed by atoms with Crippen molar-refractivity contribution in [3.05, 3.63) is 24.3 Å². The predicted molar refractivity (Wildman–Crippen MR) is 68.3 cm³/mol. The number of phenolic OH excluding ortho intramolecular Hbond substituents is 1. The zero-order valence-electron chi connectivity index (χ0n) is 10.2. The summed E-state index contributed by atoms with van der Waals surface area (Å²) >= 11 is 0. The number of benzene rings is 1. The Morgan fingerprint density at radius 1 is 1.41 bits per heavy atom. The van der Waals surface area contributed by atoms with Gasteiger partial charge in [0.25, 0.3) is 0 Å². The maximum Gasteiger partial charge on any atom is 0.135 e. The minimum Gasteiger partial charge on any atom is -0.508 e. The molecule has 1 N–H and O–H groups in total. The fourth-order valence-electron chi connectivity index (χ4n) is 2.44. The minimum atomic E-state index is 0.244. The summed E-state index contributed by atoms with van der Waals surface area (Å²) < 4.78 is 0. The largest absolute Gasteiger partial charge is 0.508 e.